The van der Waals surface area contributed by atoms with Gasteiger partial charge in [-0.05, 0) is 12.0 Å². The minimum Gasteiger partial charge on any atom is -0.396 e. The van der Waals surface area contributed by atoms with Crippen molar-refractivity contribution < 1.29 is 49.2 Å². The molecule has 0 heterocycles. The van der Waals surface area contributed by atoms with E-state index >= 15 is 0 Å². The van der Waals surface area contributed by atoms with Crippen molar-refractivity contribution in [1.29, 1.82) is 0 Å². The van der Waals surface area contributed by atoms with Crippen LogP contribution in [0.1, 0.15) is 5.56 Å². The number of aliphatic hydroxyl groups excluding tert-OH is 1. The van der Waals surface area contributed by atoms with E-state index in [0.29, 0.717) is 0 Å². The first kappa shape index (κ1) is 10.6. The third kappa shape index (κ3) is 3.71. The Morgan fingerprint density at radius 1 is 1.10 bits per heavy atom. The molecule has 1 nitrogen and oxygen atoms in total. The summed E-state index contributed by atoms with van der Waals surface area (Å²) in [7, 11) is 0. The van der Waals surface area contributed by atoms with Crippen LogP contribution in [0.15, 0.2) is 30.3 Å². The van der Waals surface area contributed by atoms with E-state index < -0.39 is 0 Å². The van der Waals surface area contributed by atoms with Crippen molar-refractivity contribution in [3.05, 3.63) is 35.9 Å². The average Bonchev–Trinajstić information content (AvgIpc) is 1.91. The molecule has 0 unspecified atom stereocenters. The Balaban J connectivity index is 0.000000810. The SMILES string of the molecule is OCCc1ccccc1.[Ac]. The standard InChI is InChI=1S/C8H10O.Ac/c9-7-6-8-4-2-1-3-5-8;/h1-5,9H,6-7H2;. The van der Waals surface area contributed by atoms with Crippen LogP contribution in [-0.4, -0.2) is 11.7 Å². The molecule has 10 heavy (non-hydrogen) atoms. The van der Waals surface area contributed by atoms with Gasteiger partial charge in [0.05, 0.1) is 0 Å². The first-order chi connectivity index (χ1) is 4.43. The largest absolute Gasteiger partial charge is 0.396 e. The molecule has 1 rings (SSSR count). The molecule has 1 aromatic carbocycles. The molecule has 0 aliphatic heterocycles. The van der Waals surface area contributed by atoms with Crippen molar-refractivity contribution in [3.8, 4) is 0 Å². The molecule has 0 spiro atoms. The minimum absolute atomic E-state index is 0. The molecule has 0 saturated heterocycles. The number of aliphatic hydroxyl groups is 1. The summed E-state index contributed by atoms with van der Waals surface area (Å²) in [6.45, 7) is 0.240. The van der Waals surface area contributed by atoms with Gasteiger partial charge in [-0.25, -0.2) is 0 Å². The fraction of sp³-hybridized carbons (Fsp3) is 0.250. The molecule has 0 aromatic heterocycles. The summed E-state index contributed by atoms with van der Waals surface area (Å²) in [5.74, 6) is 0. The van der Waals surface area contributed by atoms with Gasteiger partial charge in [0.15, 0.2) is 0 Å². The van der Waals surface area contributed by atoms with Gasteiger partial charge in [-0.3, -0.25) is 0 Å². The number of hydrogen-bond donors (Lipinski definition) is 1. The molecule has 0 saturated carbocycles. The zero-order valence-electron chi connectivity index (χ0n) is 5.83. The summed E-state index contributed by atoms with van der Waals surface area (Å²) in [5.41, 5.74) is 1.19. The molecule has 1 aromatic rings. The first-order valence-electron chi connectivity index (χ1n) is 3.08. The van der Waals surface area contributed by atoms with Crippen molar-refractivity contribution in [2.45, 2.75) is 6.42 Å². The van der Waals surface area contributed by atoms with Gasteiger partial charge in [0, 0.05) is 50.7 Å². The average molecular weight is 349 g/mol. The topological polar surface area (TPSA) is 20.2 Å². The monoisotopic (exact) mass is 349 g/mol. The maximum Gasteiger partial charge on any atom is 0.0471 e. The third-order valence-electron chi connectivity index (χ3n) is 1.24. The van der Waals surface area contributed by atoms with Gasteiger partial charge in [-0.15, -0.1) is 0 Å². The van der Waals surface area contributed by atoms with Gasteiger partial charge in [0.2, 0.25) is 0 Å². The molecular weight excluding hydrogens is 339 g/mol. The first-order valence-corrected chi connectivity index (χ1v) is 3.08. The molecule has 1 N–H and O–H groups in total. The molecule has 0 atom stereocenters. The van der Waals surface area contributed by atoms with Crippen molar-refractivity contribution in [2.75, 3.05) is 6.61 Å². The molecule has 51 valence electrons. The van der Waals surface area contributed by atoms with E-state index in [1.54, 1.807) is 0 Å². The summed E-state index contributed by atoms with van der Waals surface area (Å²) in [6.07, 6.45) is 0.765. The second kappa shape index (κ2) is 6.34. The normalized spacial score (nSPS) is 8.50. The molecule has 0 bridgehead atoms. The molecular formula is C8H10AcO. The van der Waals surface area contributed by atoms with Crippen LogP contribution in [0.25, 0.3) is 0 Å². The van der Waals surface area contributed by atoms with Crippen molar-refractivity contribution in [1.82, 2.24) is 0 Å². The molecule has 0 fully saturated rings. The summed E-state index contributed by atoms with van der Waals surface area (Å²) < 4.78 is 0. The van der Waals surface area contributed by atoms with Gasteiger partial charge >= 0.3 is 0 Å². The third-order valence-corrected chi connectivity index (χ3v) is 1.24. The van der Waals surface area contributed by atoms with E-state index in [9.17, 15) is 0 Å². The maximum absolute atomic E-state index is 8.52. The van der Waals surface area contributed by atoms with E-state index in [1.807, 2.05) is 30.3 Å². The molecule has 0 amide bonds. The Hall–Kier alpha value is 0.622. The van der Waals surface area contributed by atoms with Crippen LogP contribution in [0, 0.1) is 44.1 Å². The van der Waals surface area contributed by atoms with E-state index in [1.165, 1.54) is 5.56 Å². The summed E-state index contributed by atoms with van der Waals surface area (Å²) in [5, 5.41) is 8.52. The molecule has 0 aliphatic rings. The van der Waals surface area contributed by atoms with Gasteiger partial charge in [-0.2, -0.15) is 0 Å². The Kier molecular flexibility index (Phi) is 6.73. The smallest absolute Gasteiger partial charge is 0.0471 e. The quantitative estimate of drug-likeness (QED) is 0.852. The van der Waals surface area contributed by atoms with Crippen molar-refractivity contribution >= 4 is 0 Å². The second-order valence-electron chi connectivity index (χ2n) is 1.96. The van der Waals surface area contributed by atoms with Crippen LogP contribution in [-0.2, 0) is 6.42 Å². The fourth-order valence-electron chi connectivity index (χ4n) is 0.774. The second-order valence-corrected chi connectivity index (χ2v) is 1.96. The zero-order valence-corrected chi connectivity index (χ0v) is 10.6. The van der Waals surface area contributed by atoms with Gasteiger partial charge in [0.1, 0.15) is 0 Å². The maximum atomic E-state index is 8.52. The van der Waals surface area contributed by atoms with Gasteiger partial charge in [-0.1, -0.05) is 30.3 Å². The zero-order chi connectivity index (χ0) is 6.53. The predicted octanol–water partition coefficient (Wildman–Crippen LogP) is 1.22. The van der Waals surface area contributed by atoms with E-state index in [4.69, 9.17) is 5.11 Å². The van der Waals surface area contributed by atoms with Crippen LogP contribution in [0.3, 0.4) is 0 Å². The number of benzene rings is 1. The van der Waals surface area contributed by atoms with E-state index in [2.05, 4.69) is 0 Å². The van der Waals surface area contributed by atoms with Crippen LogP contribution in [0.2, 0.25) is 0 Å². The molecule has 2 heteroatoms. The van der Waals surface area contributed by atoms with Crippen LogP contribution >= 0.6 is 0 Å². The minimum atomic E-state index is 0. The Morgan fingerprint density at radius 3 is 2.20 bits per heavy atom. The van der Waals surface area contributed by atoms with Crippen molar-refractivity contribution in [2.24, 2.45) is 0 Å². The predicted molar refractivity (Wildman–Crippen MR) is 37.2 cm³/mol. The summed E-state index contributed by atoms with van der Waals surface area (Å²) in [6, 6.07) is 9.95. The van der Waals surface area contributed by atoms with Gasteiger partial charge in [0.25, 0.3) is 0 Å². The molecule has 1 radical (unpaired) electrons. The van der Waals surface area contributed by atoms with Crippen LogP contribution < -0.4 is 0 Å². The van der Waals surface area contributed by atoms with Crippen LogP contribution in [0.5, 0.6) is 0 Å². The Bertz CT molecular complexity index is 162. The number of hydrogen-bond acceptors (Lipinski definition) is 1. The van der Waals surface area contributed by atoms with E-state index in [-0.39, 0.29) is 50.7 Å². The Morgan fingerprint density at radius 2 is 1.70 bits per heavy atom. The summed E-state index contributed by atoms with van der Waals surface area (Å²) in [4.78, 5) is 0. The fourth-order valence-corrected chi connectivity index (χ4v) is 0.774. The summed E-state index contributed by atoms with van der Waals surface area (Å²) >= 11 is 0. The Labute approximate surface area is 97.0 Å². The number of rotatable bonds is 2. The van der Waals surface area contributed by atoms with Gasteiger partial charge < -0.3 is 5.11 Å². The molecule has 0 aliphatic carbocycles. The van der Waals surface area contributed by atoms with Crippen molar-refractivity contribution in [3.63, 3.8) is 0 Å². The van der Waals surface area contributed by atoms with Crippen LogP contribution in [0.4, 0.5) is 0 Å². The van der Waals surface area contributed by atoms with E-state index in [0.717, 1.165) is 6.42 Å².